The van der Waals surface area contributed by atoms with Crippen LogP contribution in [0.15, 0.2) is 48.5 Å². The van der Waals surface area contributed by atoms with Gasteiger partial charge in [-0.25, -0.2) is 13.2 Å². The number of benzene rings is 3. The first-order valence-corrected chi connectivity index (χ1v) is 8.38. The van der Waals surface area contributed by atoms with Crippen LogP contribution in [0.4, 0.5) is 13.2 Å². The van der Waals surface area contributed by atoms with E-state index in [4.69, 9.17) is 0 Å². The largest absolute Gasteiger partial charge is 0.385 e. The molecule has 0 saturated heterocycles. The van der Waals surface area contributed by atoms with Gasteiger partial charge in [-0.3, -0.25) is 0 Å². The number of halogens is 3. The molecule has 25 heavy (non-hydrogen) atoms. The first-order chi connectivity index (χ1) is 12.0. The minimum Gasteiger partial charge on any atom is -0.385 e. The van der Waals surface area contributed by atoms with Gasteiger partial charge < -0.3 is 5.11 Å². The van der Waals surface area contributed by atoms with Gasteiger partial charge in [-0.15, -0.1) is 0 Å². The molecule has 0 unspecified atom stereocenters. The molecule has 1 aliphatic rings. The van der Waals surface area contributed by atoms with Crippen LogP contribution in [-0.2, 0) is 5.60 Å². The van der Waals surface area contributed by atoms with E-state index in [1.54, 1.807) is 6.07 Å². The fraction of sp³-hybridized carbons (Fsp3) is 0.238. The highest BCUT2D eigenvalue weighted by atomic mass is 19.2. The molecule has 1 aliphatic carbocycles. The summed E-state index contributed by atoms with van der Waals surface area (Å²) in [6.45, 7) is 0. The highest BCUT2D eigenvalue weighted by Crippen LogP contribution is 2.39. The fourth-order valence-corrected chi connectivity index (χ4v) is 3.69. The maximum Gasteiger partial charge on any atom is 0.194 e. The molecular weight excluding hydrogens is 325 g/mol. The molecule has 0 aliphatic heterocycles. The number of fused-ring (bicyclic) bond motifs is 1. The van der Waals surface area contributed by atoms with E-state index in [0.29, 0.717) is 5.56 Å². The minimum absolute atomic E-state index is 0.289. The van der Waals surface area contributed by atoms with Gasteiger partial charge in [-0.2, -0.15) is 0 Å². The average Bonchev–Trinajstić information content (AvgIpc) is 3.06. The lowest BCUT2D eigenvalue weighted by molar-refractivity contribution is 0.0446. The lowest BCUT2D eigenvalue weighted by Crippen LogP contribution is -2.20. The highest BCUT2D eigenvalue weighted by molar-refractivity contribution is 5.88. The van der Waals surface area contributed by atoms with Crippen molar-refractivity contribution in [1.29, 1.82) is 0 Å². The van der Waals surface area contributed by atoms with Crippen LogP contribution in [0.5, 0.6) is 0 Å². The SMILES string of the molecule is OC1(c2ccc3cc(-c4cc(F)c(F)c(F)c4)ccc3c2)CCCC1. The molecule has 4 rings (SSSR count). The Hall–Kier alpha value is -2.33. The molecule has 1 nitrogen and oxygen atoms in total. The van der Waals surface area contributed by atoms with E-state index in [2.05, 4.69) is 0 Å². The van der Waals surface area contributed by atoms with Crippen LogP contribution in [0.2, 0.25) is 0 Å². The summed E-state index contributed by atoms with van der Waals surface area (Å²) in [4.78, 5) is 0. The lowest BCUT2D eigenvalue weighted by atomic mass is 9.90. The van der Waals surface area contributed by atoms with Gasteiger partial charge in [-0.05, 0) is 64.6 Å². The fourth-order valence-electron chi connectivity index (χ4n) is 3.69. The molecule has 0 aromatic heterocycles. The third-order valence-electron chi connectivity index (χ3n) is 5.13. The quantitative estimate of drug-likeness (QED) is 0.594. The second kappa shape index (κ2) is 5.88. The predicted octanol–water partition coefficient (Wildman–Crippen LogP) is 5.69. The maximum atomic E-state index is 13.5. The van der Waals surface area contributed by atoms with Crippen molar-refractivity contribution in [1.82, 2.24) is 0 Å². The summed E-state index contributed by atoms with van der Waals surface area (Å²) in [7, 11) is 0. The van der Waals surface area contributed by atoms with Gasteiger partial charge in [0.2, 0.25) is 0 Å². The predicted molar refractivity (Wildman–Crippen MR) is 91.6 cm³/mol. The Morgan fingerprint density at radius 1 is 0.720 bits per heavy atom. The third kappa shape index (κ3) is 2.81. The van der Waals surface area contributed by atoms with Gasteiger partial charge in [-0.1, -0.05) is 37.1 Å². The summed E-state index contributed by atoms with van der Waals surface area (Å²) in [5.74, 6) is -3.86. The molecule has 128 valence electrons. The third-order valence-corrected chi connectivity index (χ3v) is 5.13. The van der Waals surface area contributed by atoms with E-state index >= 15 is 0 Å². The summed E-state index contributed by atoms with van der Waals surface area (Å²) < 4.78 is 40.1. The van der Waals surface area contributed by atoms with Crippen LogP contribution < -0.4 is 0 Å². The molecule has 0 bridgehead atoms. The van der Waals surface area contributed by atoms with Crippen LogP contribution in [0.25, 0.3) is 21.9 Å². The average molecular weight is 342 g/mol. The minimum atomic E-state index is -1.46. The van der Waals surface area contributed by atoms with Crippen molar-refractivity contribution in [2.45, 2.75) is 31.3 Å². The van der Waals surface area contributed by atoms with Crippen molar-refractivity contribution in [2.24, 2.45) is 0 Å². The Bertz CT molecular complexity index is 936. The first kappa shape index (κ1) is 16.2. The lowest BCUT2D eigenvalue weighted by Gasteiger charge is -2.23. The standard InChI is InChI=1S/C21H17F3O/c22-18-11-16(12-19(23)20(18)24)14-3-4-15-10-17(6-5-13(15)9-14)21(25)7-1-2-8-21/h3-6,9-12,25H,1-2,7-8H2. The number of hydrogen-bond acceptors (Lipinski definition) is 1. The van der Waals surface area contributed by atoms with Crippen molar-refractivity contribution in [2.75, 3.05) is 0 Å². The van der Waals surface area contributed by atoms with Gasteiger partial charge in [0, 0.05) is 0 Å². The van der Waals surface area contributed by atoms with Crippen LogP contribution in [0.1, 0.15) is 31.2 Å². The van der Waals surface area contributed by atoms with Gasteiger partial charge >= 0.3 is 0 Å². The Kier molecular flexibility index (Phi) is 3.80. The van der Waals surface area contributed by atoms with Crippen LogP contribution in [0.3, 0.4) is 0 Å². The molecule has 3 aromatic carbocycles. The molecule has 1 fully saturated rings. The smallest absolute Gasteiger partial charge is 0.194 e. The summed E-state index contributed by atoms with van der Waals surface area (Å²) in [6, 6.07) is 13.2. The Labute approximate surface area is 143 Å². The summed E-state index contributed by atoms with van der Waals surface area (Å²) in [6.07, 6.45) is 3.58. The van der Waals surface area contributed by atoms with E-state index in [9.17, 15) is 18.3 Å². The maximum absolute atomic E-state index is 13.5. The zero-order valence-electron chi connectivity index (χ0n) is 13.5. The number of aliphatic hydroxyl groups is 1. The summed E-state index contributed by atoms with van der Waals surface area (Å²) in [5, 5.41) is 12.6. The zero-order chi connectivity index (χ0) is 17.6. The second-order valence-electron chi connectivity index (χ2n) is 6.77. The summed E-state index contributed by atoms with van der Waals surface area (Å²) >= 11 is 0. The second-order valence-corrected chi connectivity index (χ2v) is 6.77. The molecular formula is C21H17F3O. The molecule has 0 spiro atoms. The molecule has 3 aromatic rings. The Balaban J connectivity index is 1.76. The Morgan fingerprint density at radius 2 is 1.32 bits per heavy atom. The molecule has 0 amide bonds. The van der Waals surface area contributed by atoms with Gasteiger partial charge in [0.25, 0.3) is 0 Å². The topological polar surface area (TPSA) is 20.2 Å². The first-order valence-electron chi connectivity index (χ1n) is 8.38. The van der Waals surface area contributed by atoms with Crippen molar-refractivity contribution >= 4 is 10.8 Å². The zero-order valence-corrected chi connectivity index (χ0v) is 13.5. The van der Waals surface area contributed by atoms with Crippen molar-refractivity contribution in [3.05, 3.63) is 71.5 Å². The van der Waals surface area contributed by atoms with Crippen molar-refractivity contribution in [3.8, 4) is 11.1 Å². The number of hydrogen-bond donors (Lipinski definition) is 1. The van der Waals surface area contributed by atoms with Crippen LogP contribution in [0, 0.1) is 17.5 Å². The van der Waals surface area contributed by atoms with Gasteiger partial charge in [0.15, 0.2) is 17.5 Å². The van der Waals surface area contributed by atoms with E-state index in [-0.39, 0.29) is 5.56 Å². The van der Waals surface area contributed by atoms with Gasteiger partial charge in [0.05, 0.1) is 5.60 Å². The molecule has 0 atom stereocenters. The van der Waals surface area contributed by atoms with Crippen LogP contribution in [-0.4, -0.2) is 5.11 Å². The van der Waals surface area contributed by atoms with E-state index in [0.717, 1.165) is 54.2 Å². The molecule has 1 N–H and O–H groups in total. The van der Waals surface area contributed by atoms with Gasteiger partial charge in [0.1, 0.15) is 0 Å². The number of rotatable bonds is 2. The van der Waals surface area contributed by atoms with Crippen LogP contribution >= 0.6 is 0 Å². The molecule has 0 heterocycles. The Morgan fingerprint density at radius 3 is 2.00 bits per heavy atom. The normalized spacial score (nSPS) is 16.5. The molecule has 4 heteroatoms. The monoisotopic (exact) mass is 342 g/mol. The van der Waals surface area contributed by atoms with E-state index < -0.39 is 23.1 Å². The van der Waals surface area contributed by atoms with E-state index in [1.165, 1.54) is 0 Å². The molecule has 0 radical (unpaired) electrons. The van der Waals surface area contributed by atoms with E-state index in [1.807, 2.05) is 30.3 Å². The summed E-state index contributed by atoms with van der Waals surface area (Å²) in [5.41, 5.74) is 1.05. The van der Waals surface area contributed by atoms with Crippen molar-refractivity contribution in [3.63, 3.8) is 0 Å². The van der Waals surface area contributed by atoms with Crippen molar-refractivity contribution < 1.29 is 18.3 Å². The molecule has 1 saturated carbocycles. The highest BCUT2D eigenvalue weighted by Gasteiger charge is 2.32.